The Kier molecular flexibility index (Phi) is 5.07. The summed E-state index contributed by atoms with van der Waals surface area (Å²) in [6, 6.07) is 8.00. The van der Waals surface area contributed by atoms with E-state index in [2.05, 4.69) is 41.8 Å². The van der Waals surface area contributed by atoms with E-state index < -0.39 is 0 Å². The van der Waals surface area contributed by atoms with Crippen molar-refractivity contribution < 1.29 is 4.74 Å². The average Bonchev–Trinajstić information content (AvgIpc) is 2.26. The summed E-state index contributed by atoms with van der Waals surface area (Å²) in [7, 11) is 0. The van der Waals surface area contributed by atoms with Crippen molar-refractivity contribution in [2.24, 2.45) is 0 Å². The van der Waals surface area contributed by atoms with E-state index in [0.717, 1.165) is 31.7 Å². The molecule has 0 amide bonds. The van der Waals surface area contributed by atoms with Gasteiger partial charge in [-0.2, -0.15) is 0 Å². The first-order valence-electron chi connectivity index (χ1n) is 5.87. The molecular formula is C14H14Br2N2O. The smallest absolute Gasteiger partial charge is 0.106 e. The minimum absolute atomic E-state index is 0.570. The molecule has 0 saturated heterocycles. The van der Waals surface area contributed by atoms with Gasteiger partial charge in [0.1, 0.15) is 9.21 Å². The van der Waals surface area contributed by atoms with Gasteiger partial charge in [-0.25, -0.2) is 9.97 Å². The van der Waals surface area contributed by atoms with E-state index in [0.29, 0.717) is 13.2 Å². The predicted octanol–water partition coefficient (Wildman–Crippen LogP) is 4.34. The fourth-order valence-electron chi connectivity index (χ4n) is 1.85. The number of hydrogen-bond donors (Lipinski definition) is 0. The van der Waals surface area contributed by atoms with Crippen molar-refractivity contribution >= 4 is 31.9 Å². The Morgan fingerprint density at radius 1 is 0.842 bits per heavy atom. The van der Waals surface area contributed by atoms with Crippen LogP contribution in [-0.4, -0.2) is 9.97 Å². The number of ether oxygens (including phenoxy) is 1. The van der Waals surface area contributed by atoms with Crippen LogP contribution in [0.1, 0.15) is 22.5 Å². The third kappa shape index (κ3) is 4.67. The summed E-state index contributed by atoms with van der Waals surface area (Å²) in [5.74, 6) is 0. The number of aromatic nitrogens is 2. The molecule has 0 aliphatic heterocycles. The van der Waals surface area contributed by atoms with Crippen molar-refractivity contribution in [3.63, 3.8) is 0 Å². The molecule has 100 valence electrons. The van der Waals surface area contributed by atoms with Crippen LogP contribution in [0.25, 0.3) is 0 Å². The highest BCUT2D eigenvalue weighted by Crippen LogP contribution is 2.15. The van der Waals surface area contributed by atoms with Crippen LogP contribution in [0.15, 0.2) is 33.5 Å². The van der Waals surface area contributed by atoms with Crippen LogP contribution < -0.4 is 0 Å². The highest BCUT2D eigenvalue weighted by atomic mass is 79.9. The summed E-state index contributed by atoms with van der Waals surface area (Å²) in [6.07, 6.45) is 0. The Hall–Kier alpha value is -0.780. The number of nitrogens with zero attached hydrogens (tertiary/aromatic N) is 2. The molecule has 0 fully saturated rings. The first kappa shape index (κ1) is 14.6. The van der Waals surface area contributed by atoms with Crippen molar-refractivity contribution in [1.82, 2.24) is 9.97 Å². The lowest BCUT2D eigenvalue weighted by Gasteiger charge is -2.07. The molecule has 2 aromatic rings. The van der Waals surface area contributed by atoms with Gasteiger partial charge in [0.2, 0.25) is 0 Å². The first-order chi connectivity index (χ1) is 9.02. The van der Waals surface area contributed by atoms with Gasteiger partial charge in [0, 0.05) is 11.4 Å². The van der Waals surface area contributed by atoms with Gasteiger partial charge in [0.15, 0.2) is 0 Å². The fourth-order valence-corrected chi connectivity index (χ4v) is 2.99. The summed E-state index contributed by atoms with van der Waals surface area (Å²) >= 11 is 6.78. The van der Waals surface area contributed by atoms with E-state index in [1.165, 1.54) is 0 Å². The Labute approximate surface area is 129 Å². The third-order valence-electron chi connectivity index (χ3n) is 2.50. The molecule has 0 aliphatic rings. The number of aryl methyl sites for hydroxylation is 2. The van der Waals surface area contributed by atoms with Crippen LogP contribution >= 0.6 is 31.9 Å². The molecule has 19 heavy (non-hydrogen) atoms. The van der Waals surface area contributed by atoms with E-state index in [1.807, 2.05) is 38.1 Å². The van der Waals surface area contributed by atoms with Gasteiger partial charge in [0.25, 0.3) is 0 Å². The Morgan fingerprint density at radius 3 is 1.63 bits per heavy atom. The standard InChI is InChI=1S/C14H14Br2N2O/c1-9-3-11(5-13(15)17-9)7-19-8-12-4-10(2)18-14(16)6-12/h3-6H,7-8H2,1-2H3. The molecule has 0 bridgehead atoms. The van der Waals surface area contributed by atoms with Gasteiger partial charge in [0.05, 0.1) is 13.2 Å². The molecule has 0 spiro atoms. The summed E-state index contributed by atoms with van der Waals surface area (Å²) in [4.78, 5) is 8.54. The average molecular weight is 386 g/mol. The summed E-state index contributed by atoms with van der Waals surface area (Å²) < 4.78 is 7.41. The summed E-state index contributed by atoms with van der Waals surface area (Å²) in [5.41, 5.74) is 4.19. The Balaban J connectivity index is 1.96. The maximum Gasteiger partial charge on any atom is 0.106 e. The molecule has 0 saturated carbocycles. The number of hydrogen-bond acceptors (Lipinski definition) is 3. The van der Waals surface area contributed by atoms with Crippen molar-refractivity contribution in [3.8, 4) is 0 Å². The molecule has 0 aromatic carbocycles. The van der Waals surface area contributed by atoms with E-state index in [4.69, 9.17) is 4.74 Å². The zero-order chi connectivity index (χ0) is 13.8. The van der Waals surface area contributed by atoms with Crippen molar-refractivity contribution in [2.75, 3.05) is 0 Å². The van der Waals surface area contributed by atoms with Gasteiger partial charge in [-0.05, 0) is 81.1 Å². The Bertz CT molecular complexity index is 496. The van der Waals surface area contributed by atoms with Crippen molar-refractivity contribution in [3.05, 3.63) is 56.0 Å². The second-order valence-electron chi connectivity index (χ2n) is 4.37. The van der Waals surface area contributed by atoms with Gasteiger partial charge in [-0.3, -0.25) is 0 Å². The maximum absolute atomic E-state index is 5.73. The van der Waals surface area contributed by atoms with Crippen LogP contribution in [0, 0.1) is 13.8 Å². The lowest BCUT2D eigenvalue weighted by Crippen LogP contribution is -1.97. The van der Waals surface area contributed by atoms with Crippen LogP contribution in [0.4, 0.5) is 0 Å². The van der Waals surface area contributed by atoms with Crippen LogP contribution in [0.2, 0.25) is 0 Å². The SMILES string of the molecule is Cc1cc(COCc2cc(C)nc(Br)c2)cc(Br)n1. The molecule has 0 N–H and O–H groups in total. The normalized spacial score (nSPS) is 10.7. The molecule has 0 aliphatic carbocycles. The van der Waals surface area contributed by atoms with Crippen molar-refractivity contribution in [2.45, 2.75) is 27.1 Å². The van der Waals surface area contributed by atoms with Gasteiger partial charge < -0.3 is 4.74 Å². The molecule has 2 aromatic heterocycles. The largest absolute Gasteiger partial charge is 0.372 e. The molecule has 0 atom stereocenters. The van der Waals surface area contributed by atoms with Crippen LogP contribution in [-0.2, 0) is 18.0 Å². The number of rotatable bonds is 4. The lowest BCUT2D eigenvalue weighted by atomic mass is 10.2. The second kappa shape index (κ2) is 6.59. The quantitative estimate of drug-likeness (QED) is 0.734. The van der Waals surface area contributed by atoms with E-state index in [-0.39, 0.29) is 0 Å². The molecular weight excluding hydrogens is 372 g/mol. The molecule has 2 heterocycles. The first-order valence-corrected chi connectivity index (χ1v) is 7.45. The highest BCUT2D eigenvalue weighted by molar-refractivity contribution is 9.10. The van der Waals surface area contributed by atoms with Gasteiger partial charge in [-0.1, -0.05) is 0 Å². The monoisotopic (exact) mass is 384 g/mol. The second-order valence-corrected chi connectivity index (χ2v) is 6.00. The summed E-state index contributed by atoms with van der Waals surface area (Å²) in [6.45, 7) is 5.08. The zero-order valence-electron chi connectivity index (χ0n) is 10.8. The van der Waals surface area contributed by atoms with Crippen LogP contribution in [0.3, 0.4) is 0 Å². The molecule has 5 heteroatoms. The molecule has 2 rings (SSSR count). The van der Waals surface area contributed by atoms with Gasteiger partial charge in [-0.15, -0.1) is 0 Å². The number of pyridine rings is 2. The van der Waals surface area contributed by atoms with Crippen molar-refractivity contribution in [1.29, 1.82) is 0 Å². The molecule has 3 nitrogen and oxygen atoms in total. The Morgan fingerprint density at radius 2 is 1.26 bits per heavy atom. The minimum atomic E-state index is 0.570. The topological polar surface area (TPSA) is 35.0 Å². The maximum atomic E-state index is 5.73. The fraction of sp³-hybridized carbons (Fsp3) is 0.286. The zero-order valence-corrected chi connectivity index (χ0v) is 14.0. The van der Waals surface area contributed by atoms with Crippen LogP contribution in [0.5, 0.6) is 0 Å². The lowest BCUT2D eigenvalue weighted by molar-refractivity contribution is 0.107. The number of halogens is 2. The molecule has 0 radical (unpaired) electrons. The minimum Gasteiger partial charge on any atom is -0.372 e. The predicted molar refractivity (Wildman–Crippen MR) is 81.8 cm³/mol. The highest BCUT2D eigenvalue weighted by Gasteiger charge is 2.01. The molecule has 0 unspecified atom stereocenters. The van der Waals surface area contributed by atoms with E-state index in [1.54, 1.807) is 0 Å². The summed E-state index contributed by atoms with van der Waals surface area (Å²) in [5, 5.41) is 0. The van der Waals surface area contributed by atoms with Gasteiger partial charge >= 0.3 is 0 Å². The third-order valence-corrected chi connectivity index (χ3v) is 3.31. The van der Waals surface area contributed by atoms with E-state index in [9.17, 15) is 0 Å². The van der Waals surface area contributed by atoms with E-state index >= 15 is 0 Å².